The van der Waals surface area contributed by atoms with Crippen LogP contribution in [0.1, 0.15) is 12.0 Å². The molecule has 0 saturated carbocycles. The van der Waals surface area contributed by atoms with E-state index in [1.54, 1.807) is 6.08 Å². The van der Waals surface area contributed by atoms with Gasteiger partial charge in [0.25, 0.3) is 5.92 Å². The third kappa shape index (κ3) is 4.47. The summed E-state index contributed by atoms with van der Waals surface area (Å²) in [6, 6.07) is 21.5. The average molecular weight is 270 g/mol. The first kappa shape index (κ1) is 14.2. The summed E-state index contributed by atoms with van der Waals surface area (Å²) in [6.45, 7) is 0. The third-order valence-corrected chi connectivity index (χ3v) is 2.87. The van der Waals surface area contributed by atoms with Gasteiger partial charge in [0.1, 0.15) is 0 Å². The molecule has 0 N–H and O–H groups in total. The van der Waals surface area contributed by atoms with Crippen molar-refractivity contribution in [1.29, 1.82) is 0 Å². The van der Waals surface area contributed by atoms with E-state index in [2.05, 4.69) is 0 Å². The highest BCUT2D eigenvalue weighted by molar-refractivity contribution is 5.75. The van der Waals surface area contributed by atoms with Gasteiger partial charge >= 0.3 is 0 Å². The fourth-order valence-electron chi connectivity index (χ4n) is 1.82. The van der Waals surface area contributed by atoms with Gasteiger partial charge in [-0.05, 0) is 17.2 Å². The lowest BCUT2D eigenvalue weighted by Crippen LogP contribution is -2.12. The van der Waals surface area contributed by atoms with E-state index in [0.717, 1.165) is 17.2 Å². The van der Waals surface area contributed by atoms with Crippen LogP contribution in [0, 0.1) is 0 Å². The zero-order valence-electron chi connectivity index (χ0n) is 11.0. The predicted molar refractivity (Wildman–Crippen MR) is 79.6 cm³/mol. The number of benzene rings is 2. The molecular formula is C18H16F2. The molecule has 1 aliphatic rings. The summed E-state index contributed by atoms with van der Waals surface area (Å²) in [4.78, 5) is 0. The second kappa shape index (κ2) is 6.80. The van der Waals surface area contributed by atoms with Crippen LogP contribution in [0.25, 0.3) is 5.57 Å². The SMILES string of the molecule is FC1(F)C=CC(c2ccccc2)=CC1.c1ccccc1. The molecule has 0 aliphatic heterocycles. The Balaban J connectivity index is 0.000000205. The molecule has 0 saturated heterocycles. The van der Waals surface area contributed by atoms with E-state index in [1.807, 2.05) is 66.7 Å². The van der Waals surface area contributed by atoms with Gasteiger partial charge in [-0.1, -0.05) is 78.9 Å². The number of allylic oxidation sites excluding steroid dienone is 4. The van der Waals surface area contributed by atoms with Crippen molar-refractivity contribution in [3.8, 4) is 0 Å². The van der Waals surface area contributed by atoms with Crippen molar-refractivity contribution in [3.05, 3.63) is 90.5 Å². The lowest BCUT2D eigenvalue weighted by Gasteiger charge is -2.15. The first-order valence-corrected chi connectivity index (χ1v) is 6.50. The minimum Gasteiger partial charge on any atom is -0.202 e. The lowest BCUT2D eigenvalue weighted by atomic mass is 9.98. The zero-order chi connectivity index (χ0) is 14.3. The van der Waals surface area contributed by atoms with E-state index in [4.69, 9.17) is 0 Å². The fraction of sp³-hybridized carbons (Fsp3) is 0.111. The highest BCUT2D eigenvalue weighted by atomic mass is 19.3. The Morgan fingerprint density at radius 2 is 1.25 bits per heavy atom. The van der Waals surface area contributed by atoms with Crippen molar-refractivity contribution in [2.75, 3.05) is 0 Å². The Bertz CT molecular complexity index is 542. The summed E-state index contributed by atoms with van der Waals surface area (Å²) in [5, 5.41) is 0. The number of halogens is 2. The zero-order valence-corrected chi connectivity index (χ0v) is 11.0. The second-order valence-corrected chi connectivity index (χ2v) is 4.48. The van der Waals surface area contributed by atoms with Gasteiger partial charge in [-0.2, -0.15) is 0 Å². The van der Waals surface area contributed by atoms with Gasteiger partial charge in [0, 0.05) is 6.42 Å². The van der Waals surface area contributed by atoms with Crippen LogP contribution in [0.3, 0.4) is 0 Å². The summed E-state index contributed by atoms with van der Waals surface area (Å²) < 4.78 is 25.5. The predicted octanol–water partition coefficient (Wildman–Crippen LogP) is 5.35. The van der Waals surface area contributed by atoms with Crippen molar-refractivity contribution in [2.45, 2.75) is 12.3 Å². The van der Waals surface area contributed by atoms with Gasteiger partial charge in [0.2, 0.25) is 0 Å². The van der Waals surface area contributed by atoms with Gasteiger partial charge in [0.15, 0.2) is 0 Å². The standard InChI is InChI=1S/C12H10F2.C6H6/c13-12(14)8-6-11(7-9-12)10-4-2-1-3-5-10;1-2-4-6-5-3-1/h1-8H,9H2;1-6H. The van der Waals surface area contributed by atoms with Crippen molar-refractivity contribution in [2.24, 2.45) is 0 Å². The monoisotopic (exact) mass is 270 g/mol. The Hall–Kier alpha value is -2.22. The van der Waals surface area contributed by atoms with Crippen LogP contribution >= 0.6 is 0 Å². The van der Waals surface area contributed by atoms with Crippen LogP contribution < -0.4 is 0 Å². The van der Waals surface area contributed by atoms with E-state index in [0.29, 0.717) is 0 Å². The first-order chi connectivity index (χ1) is 9.67. The molecule has 2 heteroatoms. The molecule has 2 aromatic carbocycles. The summed E-state index contributed by atoms with van der Waals surface area (Å²) in [7, 11) is 0. The molecule has 0 spiro atoms. The molecule has 2 aromatic rings. The second-order valence-electron chi connectivity index (χ2n) is 4.48. The Morgan fingerprint density at radius 1 is 0.750 bits per heavy atom. The molecule has 0 radical (unpaired) electrons. The first-order valence-electron chi connectivity index (χ1n) is 6.50. The van der Waals surface area contributed by atoms with Crippen molar-refractivity contribution >= 4 is 5.57 Å². The molecule has 0 bridgehead atoms. The van der Waals surface area contributed by atoms with Gasteiger partial charge < -0.3 is 0 Å². The Labute approximate surface area is 118 Å². The molecule has 0 aromatic heterocycles. The molecule has 1 aliphatic carbocycles. The van der Waals surface area contributed by atoms with Crippen LogP contribution in [-0.2, 0) is 0 Å². The highest BCUT2D eigenvalue weighted by Crippen LogP contribution is 2.30. The smallest absolute Gasteiger partial charge is 0.202 e. The maximum absolute atomic E-state index is 12.8. The normalized spacial score (nSPS) is 15.8. The van der Waals surface area contributed by atoms with Crippen molar-refractivity contribution < 1.29 is 8.78 Å². The van der Waals surface area contributed by atoms with E-state index in [1.165, 1.54) is 6.08 Å². The molecule has 0 heterocycles. The molecule has 102 valence electrons. The summed E-state index contributed by atoms with van der Waals surface area (Å²) >= 11 is 0. The van der Waals surface area contributed by atoms with E-state index in [-0.39, 0.29) is 6.42 Å². The fourth-order valence-corrected chi connectivity index (χ4v) is 1.82. The maximum atomic E-state index is 12.8. The number of hydrogen-bond acceptors (Lipinski definition) is 0. The molecular weight excluding hydrogens is 254 g/mol. The molecule has 0 fully saturated rings. The number of hydrogen-bond donors (Lipinski definition) is 0. The quantitative estimate of drug-likeness (QED) is 0.655. The van der Waals surface area contributed by atoms with Crippen LogP contribution in [-0.4, -0.2) is 5.92 Å². The number of rotatable bonds is 1. The minimum atomic E-state index is -2.67. The van der Waals surface area contributed by atoms with Crippen LogP contribution in [0.15, 0.2) is 85.0 Å². The maximum Gasteiger partial charge on any atom is 0.270 e. The molecule has 0 nitrogen and oxygen atoms in total. The molecule has 0 atom stereocenters. The van der Waals surface area contributed by atoms with E-state index >= 15 is 0 Å². The van der Waals surface area contributed by atoms with Crippen LogP contribution in [0.4, 0.5) is 8.78 Å². The Kier molecular flexibility index (Phi) is 4.83. The van der Waals surface area contributed by atoms with Crippen molar-refractivity contribution in [1.82, 2.24) is 0 Å². The van der Waals surface area contributed by atoms with Crippen molar-refractivity contribution in [3.63, 3.8) is 0 Å². The van der Waals surface area contributed by atoms with E-state index < -0.39 is 5.92 Å². The average Bonchev–Trinajstić information content (AvgIpc) is 2.50. The summed E-state index contributed by atoms with van der Waals surface area (Å²) in [6.07, 6.45) is 3.83. The number of alkyl halides is 2. The summed E-state index contributed by atoms with van der Waals surface area (Å²) in [5.41, 5.74) is 1.86. The van der Waals surface area contributed by atoms with E-state index in [9.17, 15) is 8.78 Å². The van der Waals surface area contributed by atoms with Gasteiger partial charge in [-0.25, -0.2) is 8.78 Å². The summed E-state index contributed by atoms with van der Waals surface area (Å²) in [5.74, 6) is -2.67. The molecule has 0 unspecified atom stereocenters. The van der Waals surface area contributed by atoms with Crippen LogP contribution in [0.2, 0.25) is 0 Å². The highest BCUT2D eigenvalue weighted by Gasteiger charge is 2.26. The van der Waals surface area contributed by atoms with Crippen LogP contribution in [0.5, 0.6) is 0 Å². The third-order valence-electron chi connectivity index (χ3n) is 2.87. The minimum absolute atomic E-state index is 0.201. The Morgan fingerprint density at radius 3 is 1.70 bits per heavy atom. The van der Waals surface area contributed by atoms with Gasteiger partial charge in [0.05, 0.1) is 0 Å². The molecule has 20 heavy (non-hydrogen) atoms. The lowest BCUT2D eigenvalue weighted by molar-refractivity contribution is 0.0579. The largest absolute Gasteiger partial charge is 0.270 e. The van der Waals surface area contributed by atoms with Gasteiger partial charge in [-0.15, -0.1) is 0 Å². The topological polar surface area (TPSA) is 0 Å². The van der Waals surface area contributed by atoms with Gasteiger partial charge in [-0.3, -0.25) is 0 Å². The molecule has 0 amide bonds. The molecule has 3 rings (SSSR count).